The zero-order valence-corrected chi connectivity index (χ0v) is 12.6. The Hall–Kier alpha value is -1.35. The molecular weight excluding hydrogens is 248 g/mol. The maximum atomic E-state index is 11.2. The smallest absolute Gasteiger partial charge is 0.220 e. The molecule has 1 saturated heterocycles. The summed E-state index contributed by atoms with van der Waals surface area (Å²) in [6, 6.07) is 8.72. The largest absolute Gasteiger partial charge is 0.369 e. The molecular formula is C17H26N2O. The molecule has 2 rings (SSSR count). The van der Waals surface area contributed by atoms with Crippen LogP contribution in [0.2, 0.25) is 0 Å². The summed E-state index contributed by atoms with van der Waals surface area (Å²) in [5.41, 5.74) is 8.08. The second-order valence-corrected chi connectivity index (χ2v) is 6.27. The molecule has 3 nitrogen and oxygen atoms in total. The van der Waals surface area contributed by atoms with Gasteiger partial charge in [0.05, 0.1) is 0 Å². The number of carbonyl (C=O) groups is 1. The molecule has 1 amide bonds. The standard InChI is InChI=1S/C17H26N2O/c1-13-5-3-6-15(9-13)11-19-8-4-7-16(12-19)10-14(2)17(18)20/h3,5-6,9,14,16H,4,7-8,10-12H2,1-2H3,(H2,18,20). The van der Waals surface area contributed by atoms with Crippen molar-refractivity contribution in [2.45, 2.75) is 39.7 Å². The van der Waals surface area contributed by atoms with Crippen LogP contribution in [0.3, 0.4) is 0 Å². The van der Waals surface area contributed by atoms with Crippen LogP contribution in [0.15, 0.2) is 24.3 Å². The first-order chi connectivity index (χ1) is 9.54. The molecule has 2 unspecified atom stereocenters. The van der Waals surface area contributed by atoms with Gasteiger partial charge in [-0.15, -0.1) is 0 Å². The van der Waals surface area contributed by atoms with Crippen LogP contribution in [0.25, 0.3) is 0 Å². The van der Waals surface area contributed by atoms with Gasteiger partial charge in [-0.05, 0) is 44.2 Å². The summed E-state index contributed by atoms with van der Waals surface area (Å²) < 4.78 is 0. The van der Waals surface area contributed by atoms with Gasteiger partial charge in [0.2, 0.25) is 5.91 Å². The molecule has 0 radical (unpaired) electrons. The molecule has 110 valence electrons. The number of nitrogens with zero attached hydrogens (tertiary/aromatic N) is 1. The van der Waals surface area contributed by atoms with Crippen molar-refractivity contribution >= 4 is 5.91 Å². The number of carbonyl (C=O) groups excluding carboxylic acids is 1. The van der Waals surface area contributed by atoms with Crippen LogP contribution in [0.5, 0.6) is 0 Å². The fourth-order valence-corrected chi connectivity index (χ4v) is 3.17. The Kier molecular flexibility index (Phi) is 5.18. The van der Waals surface area contributed by atoms with E-state index in [9.17, 15) is 4.79 Å². The van der Waals surface area contributed by atoms with Crippen molar-refractivity contribution in [2.24, 2.45) is 17.6 Å². The van der Waals surface area contributed by atoms with Gasteiger partial charge in [0.15, 0.2) is 0 Å². The number of hydrogen-bond acceptors (Lipinski definition) is 2. The minimum atomic E-state index is -0.166. The van der Waals surface area contributed by atoms with Gasteiger partial charge in [-0.3, -0.25) is 9.69 Å². The van der Waals surface area contributed by atoms with Gasteiger partial charge in [-0.25, -0.2) is 0 Å². The average Bonchev–Trinajstić information content (AvgIpc) is 2.39. The lowest BCUT2D eigenvalue weighted by atomic mass is 9.88. The Labute approximate surface area is 122 Å². The topological polar surface area (TPSA) is 46.3 Å². The van der Waals surface area contributed by atoms with Crippen LogP contribution in [-0.2, 0) is 11.3 Å². The molecule has 0 saturated carbocycles. The van der Waals surface area contributed by atoms with E-state index in [-0.39, 0.29) is 11.8 Å². The third-order valence-electron chi connectivity index (χ3n) is 4.26. The van der Waals surface area contributed by atoms with Gasteiger partial charge in [0.25, 0.3) is 0 Å². The van der Waals surface area contributed by atoms with E-state index in [1.165, 1.54) is 24.0 Å². The SMILES string of the molecule is Cc1cccc(CN2CCCC(CC(C)C(N)=O)C2)c1. The van der Waals surface area contributed by atoms with E-state index in [2.05, 4.69) is 36.1 Å². The average molecular weight is 274 g/mol. The van der Waals surface area contributed by atoms with E-state index in [1.54, 1.807) is 0 Å². The zero-order valence-electron chi connectivity index (χ0n) is 12.6. The number of primary amides is 1. The van der Waals surface area contributed by atoms with Gasteiger partial charge < -0.3 is 5.73 Å². The Balaban J connectivity index is 1.88. The Morgan fingerprint density at radius 3 is 3.00 bits per heavy atom. The monoisotopic (exact) mass is 274 g/mol. The summed E-state index contributed by atoms with van der Waals surface area (Å²) in [6.45, 7) is 7.35. The van der Waals surface area contributed by atoms with Crippen LogP contribution in [0.1, 0.15) is 37.3 Å². The Bertz CT molecular complexity index is 458. The maximum Gasteiger partial charge on any atom is 0.220 e. The van der Waals surface area contributed by atoms with Crippen molar-refractivity contribution in [1.29, 1.82) is 0 Å². The van der Waals surface area contributed by atoms with E-state index >= 15 is 0 Å². The molecule has 0 bridgehead atoms. The molecule has 3 heteroatoms. The molecule has 1 aliphatic rings. The van der Waals surface area contributed by atoms with Crippen LogP contribution < -0.4 is 5.73 Å². The number of piperidine rings is 1. The molecule has 20 heavy (non-hydrogen) atoms. The molecule has 2 atom stereocenters. The first kappa shape index (κ1) is 15.0. The van der Waals surface area contributed by atoms with Crippen molar-refractivity contribution in [1.82, 2.24) is 4.90 Å². The second-order valence-electron chi connectivity index (χ2n) is 6.27. The summed E-state index contributed by atoms with van der Waals surface area (Å²) in [7, 11) is 0. The van der Waals surface area contributed by atoms with Gasteiger partial charge in [0.1, 0.15) is 0 Å². The van der Waals surface area contributed by atoms with Crippen LogP contribution in [-0.4, -0.2) is 23.9 Å². The minimum absolute atomic E-state index is 0.00100. The van der Waals surface area contributed by atoms with Crippen molar-refractivity contribution in [2.75, 3.05) is 13.1 Å². The second kappa shape index (κ2) is 6.89. The van der Waals surface area contributed by atoms with Crippen molar-refractivity contribution in [3.05, 3.63) is 35.4 Å². The number of likely N-dealkylation sites (tertiary alicyclic amines) is 1. The third kappa shape index (κ3) is 4.34. The highest BCUT2D eigenvalue weighted by molar-refractivity contribution is 5.76. The quantitative estimate of drug-likeness (QED) is 0.897. The molecule has 1 aromatic rings. The van der Waals surface area contributed by atoms with Crippen molar-refractivity contribution in [3.63, 3.8) is 0 Å². The Morgan fingerprint density at radius 1 is 1.50 bits per heavy atom. The number of amides is 1. The van der Waals surface area contributed by atoms with E-state index in [0.717, 1.165) is 26.1 Å². The van der Waals surface area contributed by atoms with Crippen molar-refractivity contribution in [3.8, 4) is 0 Å². The lowest BCUT2D eigenvalue weighted by Crippen LogP contribution is -2.36. The lowest BCUT2D eigenvalue weighted by molar-refractivity contribution is -0.121. The van der Waals surface area contributed by atoms with Gasteiger partial charge in [0, 0.05) is 19.0 Å². The molecule has 1 aromatic carbocycles. The first-order valence-electron chi connectivity index (χ1n) is 7.62. The summed E-state index contributed by atoms with van der Waals surface area (Å²) in [6.07, 6.45) is 3.38. The van der Waals surface area contributed by atoms with E-state index in [0.29, 0.717) is 5.92 Å². The predicted molar refractivity (Wildman–Crippen MR) is 82.2 cm³/mol. The number of rotatable bonds is 5. The molecule has 0 spiro atoms. The molecule has 1 fully saturated rings. The molecule has 2 N–H and O–H groups in total. The van der Waals surface area contributed by atoms with E-state index < -0.39 is 0 Å². The van der Waals surface area contributed by atoms with Crippen LogP contribution in [0.4, 0.5) is 0 Å². The fraction of sp³-hybridized carbons (Fsp3) is 0.588. The highest BCUT2D eigenvalue weighted by Gasteiger charge is 2.23. The van der Waals surface area contributed by atoms with E-state index in [1.807, 2.05) is 6.92 Å². The molecule has 0 aromatic heterocycles. The highest BCUT2D eigenvalue weighted by Crippen LogP contribution is 2.24. The van der Waals surface area contributed by atoms with Gasteiger partial charge in [-0.1, -0.05) is 36.8 Å². The van der Waals surface area contributed by atoms with Gasteiger partial charge in [-0.2, -0.15) is 0 Å². The zero-order chi connectivity index (χ0) is 14.5. The Morgan fingerprint density at radius 2 is 2.30 bits per heavy atom. The summed E-state index contributed by atoms with van der Waals surface area (Å²) in [5, 5.41) is 0. The summed E-state index contributed by atoms with van der Waals surface area (Å²) >= 11 is 0. The van der Waals surface area contributed by atoms with Gasteiger partial charge >= 0.3 is 0 Å². The van der Waals surface area contributed by atoms with Crippen LogP contribution in [0, 0.1) is 18.8 Å². The number of hydrogen-bond donors (Lipinski definition) is 1. The lowest BCUT2D eigenvalue weighted by Gasteiger charge is -2.33. The number of nitrogens with two attached hydrogens (primary N) is 1. The summed E-state index contributed by atoms with van der Waals surface area (Å²) in [4.78, 5) is 13.7. The first-order valence-corrected chi connectivity index (χ1v) is 7.62. The number of aryl methyl sites for hydroxylation is 1. The maximum absolute atomic E-state index is 11.2. The predicted octanol–water partition coefficient (Wildman–Crippen LogP) is 2.72. The number of benzene rings is 1. The minimum Gasteiger partial charge on any atom is -0.369 e. The van der Waals surface area contributed by atoms with E-state index in [4.69, 9.17) is 5.73 Å². The normalized spacial score (nSPS) is 21.6. The molecule has 0 aliphatic carbocycles. The summed E-state index contributed by atoms with van der Waals surface area (Å²) in [5.74, 6) is 0.441. The molecule has 1 heterocycles. The third-order valence-corrected chi connectivity index (χ3v) is 4.26. The van der Waals surface area contributed by atoms with Crippen LogP contribution >= 0.6 is 0 Å². The highest BCUT2D eigenvalue weighted by atomic mass is 16.1. The molecule has 1 aliphatic heterocycles. The fourth-order valence-electron chi connectivity index (χ4n) is 3.17. The van der Waals surface area contributed by atoms with Crippen molar-refractivity contribution < 1.29 is 4.79 Å².